The number of alkyl halides is 1. The van der Waals surface area contributed by atoms with Crippen molar-refractivity contribution < 1.29 is 9.84 Å². The second-order valence-electron chi connectivity index (χ2n) is 6.33. The third-order valence-corrected chi connectivity index (χ3v) is 5.95. The first-order valence-electron chi connectivity index (χ1n) is 8.43. The highest BCUT2D eigenvalue weighted by atomic mass is 79.9. The van der Waals surface area contributed by atoms with Gasteiger partial charge in [-0.25, -0.2) is 4.68 Å². The van der Waals surface area contributed by atoms with E-state index in [0.29, 0.717) is 5.02 Å². The molecule has 134 valence electrons. The summed E-state index contributed by atoms with van der Waals surface area (Å²) < 4.78 is 7.16. The van der Waals surface area contributed by atoms with Gasteiger partial charge >= 0.3 is 0 Å². The molecule has 2 atom stereocenters. The lowest BCUT2D eigenvalue weighted by Crippen LogP contribution is -2.20. The lowest BCUT2D eigenvalue weighted by Gasteiger charge is -2.22. The Bertz CT molecular complexity index is 922. The summed E-state index contributed by atoms with van der Waals surface area (Å²) in [6.45, 7) is 0. The van der Waals surface area contributed by atoms with Crippen molar-refractivity contribution in [3.8, 4) is 22.7 Å². The van der Waals surface area contributed by atoms with Gasteiger partial charge in [-0.05, 0) is 49.2 Å². The Labute approximate surface area is 165 Å². The van der Waals surface area contributed by atoms with Gasteiger partial charge in [0.05, 0.1) is 24.2 Å². The van der Waals surface area contributed by atoms with Crippen LogP contribution >= 0.6 is 27.5 Å². The largest absolute Gasteiger partial charge is 0.497 e. The lowest BCUT2D eigenvalue weighted by atomic mass is 9.91. The Morgan fingerprint density at radius 2 is 1.85 bits per heavy atom. The Morgan fingerprint density at radius 3 is 2.50 bits per heavy atom. The van der Waals surface area contributed by atoms with Crippen LogP contribution < -0.4 is 4.74 Å². The van der Waals surface area contributed by atoms with Crippen LogP contribution in [0.25, 0.3) is 16.9 Å². The Balaban J connectivity index is 1.91. The monoisotopic (exact) mass is 432 g/mol. The summed E-state index contributed by atoms with van der Waals surface area (Å²) in [5, 5.41) is 16.1. The molecule has 1 aliphatic carbocycles. The minimum absolute atomic E-state index is 0.0206. The highest BCUT2D eigenvalue weighted by molar-refractivity contribution is 9.09. The summed E-state index contributed by atoms with van der Waals surface area (Å²) in [6, 6.07) is 15.5. The molecular formula is C20H18BrClN2O2. The highest BCUT2D eigenvalue weighted by Crippen LogP contribution is 2.40. The third kappa shape index (κ3) is 3.04. The number of hydrogen-bond acceptors (Lipinski definition) is 3. The zero-order valence-electron chi connectivity index (χ0n) is 14.2. The number of fused-ring (bicyclic) bond motifs is 1. The van der Waals surface area contributed by atoms with Crippen LogP contribution in [0, 0.1) is 0 Å². The van der Waals surface area contributed by atoms with Crippen molar-refractivity contribution >= 4 is 27.5 Å². The standard InChI is InChI=1S/C20H18BrClN2O2/c1-26-15-8-6-14(7-9-15)24-19(12-2-4-13(22)5-3-12)16-10-11-17(21)20(25)18(16)23-24/h2-9,17,20,25H,10-11H2,1H3/t17-,20-/m1/s1. The average molecular weight is 434 g/mol. The Kier molecular flexibility index (Phi) is 4.78. The molecule has 26 heavy (non-hydrogen) atoms. The first-order valence-corrected chi connectivity index (χ1v) is 9.72. The number of nitrogens with zero attached hydrogens (tertiary/aromatic N) is 2. The van der Waals surface area contributed by atoms with Crippen molar-refractivity contribution in [3.05, 3.63) is 64.8 Å². The van der Waals surface area contributed by atoms with Crippen molar-refractivity contribution in [1.82, 2.24) is 9.78 Å². The van der Waals surface area contributed by atoms with E-state index in [1.807, 2.05) is 53.2 Å². The van der Waals surface area contributed by atoms with Crippen molar-refractivity contribution in [1.29, 1.82) is 0 Å². The van der Waals surface area contributed by atoms with E-state index in [9.17, 15) is 5.11 Å². The first-order chi connectivity index (χ1) is 12.6. The van der Waals surface area contributed by atoms with Crippen LogP contribution in [0.15, 0.2) is 48.5 Å². The van der Waals surface area contributed by atoms with Crippen LogP contribution in [-0.2, 0) is 6.42 Å². The van der Waals surface area contributed by atoms with Crippen molar-refractivity contribution in [2.24, 2.45) is 0 Å². The molecule has 0 saturated heterocycles. The number of methoxy groups -OCH3 is 1. The van der Waals surface area contributed by atoms with E-state index >= 15 is 0 Å². The molecule has 6 heteroatoms. The van der Waals surface area contributed by atoms with Crippen LogP contribution in [0.5, 0.6) is 5.75 Å². The topological polar surface area (TPSA) is 47.3 Å². The van der Waals surface area contributed by atoms with E-state index < -0.39 is 6.10 Å². The molecule has 4 rings (SSSR count). The van der Waals surface area contributed by atoms with Crippen molar-refractivity contribution in [2.45, 2.75) is 23.8 Å². The normalized spacial score (nSPS) is 19.2. The van der Waals surface area contributed by atoms with Gasteiger partial charge in [-0.1, -0.05) is 39.7 Å². The van der Waals surface area contributed by atoms with Gasteiger partial charge in [-0.3, -0.25) is 0 Å². The predicted octanol–water partition coefficient (Wildman–Crippen LogP) is 4.94. The van der Waals surface area contributed by atoms with Gasteiger partial charge in [-0.2, -0.15) is 5.10 Å². The fourth-order valence-electron chi connectivity index (χ4n) is 3.38. The number of aliphatic hydroxyl groups is 1. The lowest BCUT2D eigenvalue weighted by molar-refractivity contribution is 0.160. The summed E-state index contributed by atoms with van der Waals surface area (Å²) >= 11 is 9.63. The Hall–Kier alpha value is -1.82. The molecule has 4 nitrogen and oxygen atoms in total. The zero-order chi connectivity index (χ0) is 18.3. The molecule has 3 aromatic rings. The van der Waals surface area contributed by atoms with E-state index in [1.165, 1.54) is 0 Å². The molecule has 0 spiro atoms. The van der Waals surface area contributed by atoms with E-state index in [0.717, 1.165) is 46.8 Å². The second-order valence-corrected chi connectivity index (χ2v) is 7.94. The van der Waals surface area contributed by atoms with Gasteiger partial charge in [0.25, 0.3) is 0 Å². The number of halogens is 2. The Morgan fingerprint density at radius 1 is 1.15 bits per heavy atom. The molecule has 0 bridgehead atoms. The van der Waals surface area contributed by atoms with Gasteiger partial charge in [-0.15, -0.1) is 0 Å². The third-order valence-electron chi connectivity index (χ3n) is 4.74. The quantitative estimate of drug-likeness (QED) is 0.595. The summed E-state index contributed by atoms with van der Waals surface area (Å²) in [5.41, 5.74) is 4.77. The molecule has 1 heterocycles. The smallest absolute Gasteiger partial charge is 0.119 e. The summed E-state index contributed by atoms with van der Waals surface area (Å²) in [5.74, 6) is 0.791. The fourth-order valence-corrected chi connectivity index (χ4v) is 3.98. The van der Waals surface area contributed by atoms with Gasteiger partial charge < -0.3 is 9.84 Å². The molecular weight excluding hydrogens is 416 g/mol. The second kappa shape index (κ2) is 7.06. The van der Waals surface area contributed by atoms with E-state index in [2.05, 4.69) is 15.9 Å². The number of aliphatic hydroxyl groups excluding tert-OH is 1. The first kappa shape index (κ1) is 17.6. The number of hydrogen-bond donors (Lipinski definition) is 1. The predicted molar refractivity (Wildman–Crippen MR) is 107 cm³/mol. The number of rotatable bonds is 3. The van der Waals surface area contributed by atoms with Gasteiger partial charge in [0.1, 0.15) is 11.9 Å². The number of benzene rings is 2. The average Bonchev–Trinajstić information content (AvgIpc) is 3.06. The molecule has 0 unspecified atom stereocenters. The molecule has 1 aromatic heterocycles. The van der Waals surface area contributed by atoms with E-state index in [4.69, 9.17) is 21.4 Å². The van der Waals surface area contributed by atoms with Crippen molar-refractivity contribution in [3.63, 3.8) is 0 Å². The van der Waals surface area contributed by atoms with Crippen LogP contribution in [0.1, 0.15) is 23.8 Å². The zero-order valence-corrected chi connectivity index (χ0v) is 16.5. The molecule has 2 aromatic carbocycles. The van der Waals surface area contributed by atoms with Crippen LogP contribution in [0.2, 0.25) is 5.02 Å². The number of aromatic nitrogens is 2. The van der Waals surface area contributed by atoms with Crippen LogP contribution in [0.4, 0.5) is 0 Å². The van der Waals surface area contributed by atoms with Crippen molar-refractivity contribution in [2.75, 3.05) is 7.11 Å². The minimum Gasteiger partial charge on any atom is -0.497 e. The van der Waals surface area contributed by atoms with Gasteiger partial charge in [0, 0.05) is 21.0 Å². The molecule has 0 amide bonds. The summed E-state index contributed by atoms with van der Waals surface area (Å²) in [7, 11) is 1.65. The summed E-state index contributed by atoms with van der Waals surface area (Å²) in [6.07, 6.45) is 1.10. The maximum absolute atomic E-state index is 10.6. The molecule has 1 N–H and O–H groups in total. The molecule has 0 saturated carbocycles. The molecule has 0 aliphatic heterocycles. The summed E-state index contributed by atoms with van der Waals surface area (Å²) in [4.78, 5) is 0.0206. The van der Waals surface area contributed by atoms with Crippen LogP contribution in [0.3, 0.4) is 0 Å². The minimum atomic E-state index is -0.621. The van der Waals surface area contributed by atoms with Gasteiger partial charge in [0.2, 0.25) is 0 Å². The number of ether oxygens (including phenoxy) is 1. The fraction of sp³-hybridized carbons (Fsp3) is 0.250. The molecule has 0 fully saturated rings. The van der Waals surface area contributed by atoms with E-state index in [-0.39, 0.29) is 4.83 Å². The van der Waals surface area contributed by atoms with Gasteiger partial charge in [0.15, 0.2) is 0 Å². The highest BCUT2D eigenvalue weighted by Gasteiger charge is 2.32. The van der Waals surface area contributed by atoms with E-state index in [1.54, 1.807) is 7.11 Å². The maximum atomic E-state index is 10.6. The molecule has 1 aliphatic rings. The molecule has 0 radical (unpaired) electrons. The SMILES string of the molecule is COc1ccc(-n2nc3c(c2-c2ccc(Cl)cc2)CC[C@@H](Br)[C@H]3O)cc1. The maximum Gasteiger partial charge on any atom is 0.119 e. The van der Waals surface area contributed by atoms with Crippen LogP contribution in [-0.4, -0.2) is 26.8 Å².